The monoisotopic (exact) mass is 486 g/mol. The van der Waals surface area contributed by atoms with E-state index in [9.17, 15) is 0 Å². The van der Waals surface area contributed by atoms with Crippen LogP contribution < -0.4 is 0 Å². The number of benzene rings is 1. The summed E-state index contributed by atoms with van der Waals surface area (Å²) in [6.07, 6.45) is 3.44. The van der Waals surface area contributed by atoms with Crippen molar-refractivity contribution in [2.45, 2.75) is 10.9 Å². The molecule has 0 spiro atoms. The smallest absolute Gasteiger partial charge is 0.237 e. The molecule has 0 N–H and O–H groups in total. The summed E-state index contributed by atoms with van der Waals surface area (Å²) in [7, 11) is 0. The predicted molar refractivity (Wildman–Crippen MR) is 122 cm³/mol. The molecule has 0 amide bonds. The van der Waals surface area contributed by atoms with Crippen LogP contribution in [-0.4, -0.2) is 29.9 Å². The van der Waals surface area contributed by atoms with E-state index in [1.807, 2.05) is 39.6 Å². The van der Waals surface area contributed by atoms with Crippen LogP contribution in [0.3, 0.4) is 0 Å². The van der Waals surface area contributed by atoms with Gasteiger partial charge in [0.2, 0.25) is 11.7 Å². The van der Waals surface area contributed by atoms with Gasteiger partial charge in [-0.25, -0.2) is 0 Å². The highest BCUT2D eigenvalue weighted by atomic mass is 35.5. The Morgan fingerprint density at radius 1 is 1.06 bits per heavy atom. The van der Waals surface area contributed by atoms with Gasteiger partial charge in [-0.15, -0.1) is 10.2 Å². The third kappa shape index (κ3) is 4.22. The molecule has 0 aliphatic carbocycles. The minimum absolute atomic E-state index is 0.434. The third-order valence-electron chi connectivity index (χ3n) is 4.29. The summed E-state index contributed by atoms with van der Waals surface area (Å²) < 4.78 is 7.30. The average molecular weight is 487 g/mol. The quantitative estimate of drug-likeness (QED) is 0.270. The number of pyridine rings is 1. The standard InChI is InChI=1S/C20H12Cl2N6OS2/c21-15-4-3-14(8-16(15)22)28-19(12-2-1-6-23-9-12)25-26-20(28)31-11-17-24-18(27-29-17)13-5-7-30-10-13/h1-10H,11H2. The SMILES string of the molecule is Clc1ccc(-n2c(SCc3nc(-c4ccsc4)no3)nnc2-c2cccnc2)cc1Cl. The second-order valence-corrected chi connectivity index (χ2v) is 8.83. The summed E-state index contributed by atoms with van der Waals surface area (Å²) in [5.74, 6) is 2.14. The van der Waals surface area contributed by atoms with Gasteiger partial charge in [0.15, 0.2) is 11.0 Å². The normalized spacial score (nSPS) is 11.2. The fourth-order valence-electron chi connectivity index (χ4n) is 2.85. The minimum atomic E-state index is 0.434. The molecule has 0 unspecified atom stereocenters. The minimum Gasteiger partial charge on any atom is -0.338 e. The molecule has 0 fully saturated rings. The van der Waals surface area contributed by atoms with E-state index in [4.69, 9.17) is 27.7 Å². The topological polar surface area (TPSA) is 82.5 Å². The number of thioether (sulfide) groups is 1. The first-order valence-corrected chi connectivity index (χ1v) is 11.7. The van der Waals surface area contributed by atoms with E-state index in [0.717, 1.165) is 16.8 Å². The maximum Gasteiger partial charge on any atom is 0.237 e. The summed E-state index contributed by atoms with van der Waals surface area (Å²) in [5, 5.41) is 18.3. The first-order valence-electron chi connectivity index (χ1n) is 8.98. The lowest BCUT2D eigenvalue weighted by molar-refractivity contribution is 0.391. The van der Waals surface area contributed by atoms with Gasteiger partial charge in [0.25, 0.3) is 0 Å². The van der Waals surface area contributed by atoms with Crippen LogP contribution in [0.5, 0.6) is 0 Å². The van der Waals surface area contributed by atoms with Gasteiger partial charge in [0.05, 0.1) is 21.5 Å². The van der Waals surface area contributed by atoms with Gasteiger partial charge in [-0.1, -0.05) is 40.1 Å². The van der Waals surface area contributed by atoms with E-state index in [2.05, 4.69) is 25.3 Å². The van der Waals surface area contributed by atoms with Gasteiger partial charge in [-0.2, -0.15) is 16.3 Å². The lowest BCUT2D eigenvalue weighted by Gasteiger charge is -2.10. The fourth-order valence-corrected chi connectivity index (χ4v) is 4.57. The Hall–Kier alpha value is -2.72. The Morgan fingerprint density at radius 2 is 2.00 bits per heavy atom. The highest BCUT2D eigenvalue weighted by Crippen LogP contribution is 2.32. The van der Waals surface area contributed by atoms with Gasteiger partial charge in [-0.05, 0) is 41.8 Å². The maximum absolute atomic E-state index is 6.27. The number of hydrogen-bond acceptors (Lipinski definition) is 8. The van der Waals surface area contributed by atoms with Gasteiger partial charge in [0.1, 0.15) is 0 Å². The van der Waals surface area contributed by atoms with E-state index in [-0.39, 0.29) is 0 Å². The number of nitrogens with zero attached hydrogens (tertiary/aromatic N) is 6. The summed E-state index contributed by atoms with van der Waals surface area (Å²) in [6.45, 7) is 0. The molecule has 4 aromatic heterocycles. The van der Waals surface area contributed by atoms with Crippen molar-refractivity contribution in [3.63, 3.8) is 0 Å². The third-order valence-corrected chi connectivity index (χ3v) is 6.62. The van der Waals surface area contributed by atoms with Crippen LogP contribution in [0.1, 0.15) is 5.89 Å². The molecule has 0 aliphatic rings. The Morgan fingerprint density at radius 3 is 2.77 bits per heavy atom. The summed E-state index contributed by atoms with van der Waals surface area (Å²) >= 11 is 15.4. The molecule has 5 rings (SSSR count). The first-order chi connectivity index (χ1) is 15.2. The van der Waals surface area contributed by atoms with Crippen LogP contribution >= 0.6 is 46.3 Å². The zero-order valence-corrected chi connectivity index (χ0v) is 18.8. The average Bonchev–Trinajstić information content (AvgIpc) is 3.55. The second kappa shape index (κ2) is 8.80. The Labute approximate surface area is 195 Å². The first kappa shape index (κ1) is 20.2. The van der Waals surface area contributed by atoms with E-state index >= 15 is 0 Å². The molecule has 0 radical (unpaired) electrons. The molecular weight excluding hydrogens is 475 g/mol. The number of halogens is 2. The van der Waals surface area contributed by atoms with Crippen molar-refractivity contribution in [2.75, 3.05) is 0 Å². The van der Waals surface area contributed by atoms with Crippen molar-refractivity contribution in [1.82, 2.24) is 29.9 Å². The van der Waals surface area contributed by atoms with Crippen LogP contribution in [-0.2, 0) is 5.75 Å². The molecule has 1 aromatic carbocycles. The van der Waals surface area contributed by atoms with Crippen molar-refractivity contribution in [1.29, 1.82) is 0 Å². The lowest BCUT2D eigenvalue weighted by Crippen LogP contribution is -2.00. The van der Waals surface area contributed by atoms with Crippen molar-refractivity contribution >= 4 is 46.3 Å². The maximum atomic E-state index is 6.27. The van der Waals surface area contributed by atoms with Gasteiger partial charge in [-0.3, -0.25) is 9.55 Å². The highest BCUT2D eigenvalue weighted by molar-refractivity contribution is 7.98. The van der Waals surface area contributed by atoms with Crippen LogP contribution in [0, 0.1) is 0 Å². The van der Waals surface area contributed by atoms with Gasteiger partial charge >= 0.3 is 0 Å². The molecule has 4 heterocycles. The lowest BCUT2D eigenvalue weighted by atomic mass is 10.2. The summed E-state index contributed by atoms with van der Waals surface area (Å²) in [5.41, 5.74) is 2.54. The van der Waals surface area contributed by atoms with Crippen LogP contribution in [0.15, 0.2) is 69.2 Å². The van der Waals surface area contributed by atoms with E-state index in [1.54, 1.807) is 35.9 Å². The number of aromatic nitrogens is 6. The Bertz CT molecular complexity index is 1320. The number of hydrogen-bond donors (Lipinski definition) is 0. The predicted octanol–water partition coefficient (Wildman–Crippen LogP) is 6.04. The summed E-state index contributed by atoms with van der Waals surface area (Å²) in [6, 6.07) is 11.1. The van der Waals surface area contributed by atoms with Crippen molar-refractivity contribution < 1.29 is 4.52 Å². The highest BCUT2D eigenvalue weighted by Gasteiger charge is 2.19. The van der Waals surface area contributed by atoms with Gasteiger partial charge in [0, 0.05) is 28.9 Å². The zero-order valence-electron chi connectivity index (χ0n) is 15.6. The van der Waals surface area contributed by atoms with Crippen molar-refractivity contribution in [3.05, 3.63) is 75.5 Å². The molecule has 0 aliphatic heterocycles. The molecule has 0 atom stereocenters. The molecule has 31 heavy (non-hydrogen) atoms. The Balaban J connectivity index is 1.48. The molecule has 5 aromatic rings. The van der Waals surface area contributed by atoms with Crippen molar-refractivity contribution in [3.8, 4) is 28.5 Å². The van der Waals surface area contributed by atoms with E-state index in [0.29, 0.717) is 38.5 Å². The van der Waals surface area contributed by atoms with E-state index in [1.165, 1.54) is 11.8 Å². The molecule has 7 nitrogen and oxygen atoms in total. The van der Waals surface area contributed by atoms with Gasteiger partial charge < -0.3 is 4.52 Å². The molecule has 11 heteroatoms. The van der Waals surface area contributed by atoms with Crippen LogP contribution in [0.25, 0.3) is 28.5 Å². The molecule has 0 saturated carbocycles. The Kier molecular flexibility index (Phi) is 5.73. The fraction of sp³-hybridized carbons (Fsp3) is 0.0500. The van der Waals surface area contributed by atoms with Crippen molar-refractivity contribution in [2.24, 2.45) is 0 Å². The molecule has 0 bridgehead atoms. The zero-order chi connectivity index (χ0) is 21.2. The number of thiophene rings is 1. The molecule has 154 valence electrons. The van der Waals surface area contributed by atoms with Crippen LogP contribution in [0.2, 0.25) is 10.0 Å². The van der Waals surface area contributed by atoms with Crippen LogP contribution in [0.4, 0.5) is 0 Å². The second-order valence-electron chi connectivity index (χ2n) is 6.29. The molecule has 0 saturated heterocycles. The largest absolute Gasteiger partial charge is 0.338 e. The molecular formula is C20H12Cl2N6OS2. The summed E-state index contributed by atoms with van der Waals surface area (Å²) in [4.78, 5) is 8.65. The van der Waals surface area contributed by atoms with E-state index < -0.39 is 0 Å². The number of rotatable bonds is 6.